The van der Waals surface area contributed by atoms with E-state index in [-0.39, 0.29) is 33.8 Å². The average Bonchev–Trinajstić information content (AvgIpc) is 3.87. The second-order valence-corrected chi connectivity index (χ2v) is 14.8. The second-order valence-electron chi connectivity index (χ2n) is 14.8. The Bertz CT molecular complexity index is 3930. The van der Waals surface area contributed by atoms with Gasteiger partial charge in [-0.3, -0.25) is 4.98 Å². The number of pyridine rings is 1. The van der Waals surface area contributed by atoms with Gasteiger partial charge < -0.3 is 9.13 Å². The molecule has 0 aliphatic heterocycles. The van der Waals surface area contributed by atoms with Gasteiger partial charge in [0.1, 0.15) is 0 Å². The lowest BCUT2D eigenvalue weighted by atomic mass is 9.93. The first-order valence-corrected chi connectivity index (χ1v) is 19.7. The summed E-state index contributed by atoms with van der Waals surface area (Å²) in [6.07, 6.45) is 1.71. The third-order valence-corrected chi connectivity index (χ3v) is 11.6. The van der Waals surface area contributed by atoms with Crippen LogP contribution >= 0.6 is 0 Å². The van der Waals surface area contributed by atoms with E-state index >= 15 is 0 Å². The Kier molecular flexibility index (Phi) is 8.94. The molecule has 0 aliphatic carbocycles. The highest BCUT2D eigenvalue weighted by atomic mass is 15.0. The predicted molar refractivity (Wildman–Crippen MR) is 247 cm³/mol. The van der Waals surface area contributed by atoms with Gasteiger partial charge in [0.2, 0.25) is 0 Å². The first kappa shape index (κ1) is 38.0. The van der Waals surface area contributed by atoms with Crippen molar-refractivity contribution < 1.29 is 0 Å². The van der Waals surface area contributed by atoms with Crippen molar-refractivity contribution in [3.05, 3.63) is 202 Å². The molecule has 0 saturated heterocycles. The topological polar surface area (TPSA) is 131 Å². The molecule has 0 saturated carbocycles. The lowest BCUT2D eigenvalue weighted by Crippen LogP contribution is -2.04. The molecule has 10 rings (SSSR count). The zero-order chi connectivity index (χ0) is 44.1. The molecular weight excluding hydrogens is 789 g/mol. The molecule has 3 heterocycles. The van der Waals surface area contributed by atoms with Gasteiger partial charge in [-0.1, -0.05) is 54.6 Å². The largest absolute Gasteiger partial charge is 0.309 e. The van der Waals surface area contributed by atoms with E-state index in [1.165, 1.54) is 24.3 Å². The van der Waals surface area contributed by atoms with Crippen LogP contribution in [0.4, 0.5) is 17.1 Å². The Balaban J connectivity index is 1.22. The van der Waals surface area contributed by atoms with Gasteiger partial charge in [-0.15, -0.1) is 0 Å². The van der Waals surface area contributed by atoms with Crippen LogP contribution in [0.2, 0.25) is 0 Å². The first-order valence-electron chi connectivity index (χ1n) is 19.7. The molecule has 10 heteroatoms. The van der Waals surface area contributed by atoms with Crippen molar-refractivity contribution >= 4 is 60.7 Å². The summed E-state index contributed by atoms with van der Waals surface area (Å²) in [6.45, 7) is 23.3. The normalized spacial score (nSPS) is 10.7. The van der Waals surface area contributed by atoms with Crippen molar-refractivity contribution in [2.75, 3.05) is 0 Å². The molecular formula is C54H24N10. The van der Waals surface area contributed by atoms with Crippen molar-refractivity contribution in [2.24, 2.45) is 0 Å². The lowest BCUT2D eigenvalue weighted by molar-refractivity contribution is 1.12. The molecule has 10 aromatic rings. The molecule has 10 nitrogen and oxygen atoms in total. The van der Waals surface area contributed by atoms with Gasteiger partial charge in [-0.2, -0.15) is 21.0 Å². The van der Waals surface area contributed by atoms with E-state index in [1.54, 1.807) is 12.3 Å². The van der Waals surface area contributed by atoms with Gasteiger partial charge in [-0.25, -0.2) is 14.5 Å². The highest BCUT2D eigenvalue weighted by Gasteiger charge is 2.25. The Hall–Kier alpha value is -10.3. The van der Waals surface area contributed by atoms with Crippen molar-refractivity contribution in [3.8, 4) is 69.2 Å². The number of hydrogen-bond donors (Lipinski definition) is 0. The van der Waals surface area contributed by atoms with Crippen molar-refractivity contribution in [1.82, 2.24) is 14.1 Å². The first-order chi connectivity index (χ1) is 31.4. The van der Waals surface area contributed by atoms with Gasteiger partial charge in [0.05, 0.1) is 99.8 Å². The van der Waals surface area contributed by atoms with Crippen LogP contribution in [0.3, 0.4) is 0 Å². The van der Waals surface area contributed by atoms with Crippen LogP contribution in [0.1, 0.15) is 22.3 Å². The second kappa shape index (κ2) is 15.1. The maximum atomic E-state index is 10.8. The van der Waals surface area contributed by atoms with Crippen LogP contribution in [-0.2, 0) is 0 Å². The van der Waals surface area contributed by atoms with Crippen LogP contribution < -0.4 is 0 Å². The minimum atomic E-state index is 0.215. The van der Waals surface area contributed by atoms with Crippen LogP contribution in [-0.4, -0.2) is 14.1 Å². The van der Waals surface area contributed by atoms with Crippen LogP contribution in [0, 0.1) is 65.0 Å². The van der Waals surface area contributed by atoms with E-state index in [0.717, 1.165) is 43.6 Å². The predicted octanol–water partition coefficient (Wildman–Crippen LogP) is 13.4. The summed E-state index contributed by atoms with van der Waals surface area (Å²) in [4.78, 5) is 15.9. The van der Waals surface area contributed by atoms with Crippen molar-refractivity contribution in [3.63, 3.8) is 0 Å². The van der Waals surface area contributed by atoms with Gasteiger partial charge in [-0.05, 0) is 102 Å². The number of rotatable bonds is 5. The fraction of sp³-hybridized carbons (Fsp3) is 0. The van der Waals surface area contributed by atoms with E-state index in [2.05, 4.69) is 47.9 Å². The molecule has 0 N–H and O–H groups in total. The minimum Gasteiger partial charge on any atom is -0.309 e. The summed E-state index contributed by atoms with van der Waals surface area (Å²) >= 11 is 0. The molecule has 0 fully saturated rings. The van der Waals surface area contributed by atoms with Crippen molar-refractivity contribution in [2.45, 2.75) is 0 Å². The summed E-state index contributed by atoms with van der Waals surface area (Å²) in [5, 5.41) is 44.3. The fourth-order valence-electron chi connectivity index (χ4n) is 8.94. The van der Waals surface area contributed by atoms with E-state index in [9.17, 15) is 21.0 Å². The quantitative estimate of drug-likeness (QED) is 0.160. The SMILES string of the molecule is [C-]#[N+]c1cc(C#N)c(-c2ccc3c(c2)c2ccccc2n3-c2cccc(C#N)c2-c2ncccc2-n2c3ccccc3c3cc(-c4c([N+]#[C-])cc(C#N)cc4[N+]#[C-])ccc32)c(C#N)c1. The Morgan fingerprint density at radius 3 is 1.52 bits per heavy atom. The van der Waals surface area contributed by atoms with Crippen LogP contribution in [0.25, 0.3) is 103 Å². The molecule has 0 radical (unpaired) electrons. The lowest BCUT2D eigenvalue weighted by Gasteiger charge is -2.18. The summed E-state index contributed by atoms with van der Waals surface area (Å²) in [6, 6.07) is 51.9. The molecule has 290 valence electrons. The summed E-state index contributed by atoms with van der Waals surface area (Å²) in [7, 11) is 0. The van der Waals surface area contributed by atoms with Gasteiger partial charge >= 0.3 is 0 Å². The molecule has 64 heavy (non-hydrogen) atoms. The number of nitrogens with zero attached hydrogens (tertiary/aromatic N) is 10. The molecule has 0 aliphatic rings. The number of hydrogen-bond acceptors (Lipinski definition) is 5. The summed E-state index contributed by atoms with van der Waals surface area (Å²) < 4.78 is 4.23. The van der Waals surface area contributed by atoms with E-state index in [0.29, 0.717) is 50.4 Å². The zero-order valence-electron chi connectivity index (χ0n) is 33.3. The highest BCUT2D eigenvalue weighted by molar-refractivity contribution is 6.13. The third kappa shape index (κ3) is 5.70. The summed E-state index contributed by atoms with van der Waals surface area (Å²) in [5.74, 6) is 0. The molecule has 0 unspecified atom stereocenters. The average molecular weight is 813 g/mol. The minimum absolute atomic E-state index is 0.215. The molecule has 3 aromatic heterocycles. The fourth-order valence-corrected chi connectivity index (χ4v) is 8.94. The maximum Gasteiger partial charge on any atom is 0.189 e. The van der Waals surface area contributed by atoms with Crippen LogP contribution in [0.15, 0.2) is 146 Å². The number of aromatic nitrogens is 3. The van der Waals surface area contributed by atoms with Crippen molar-refractivity contribution in [1.29, 1.82) is 21.0 Å². The molecule has 7 aromatic carbocycles. The van der Waals surface area contributed by atoms with Gasteiger partial charge in [0, 0.05) is 44.4 Å². The van der Waals surface area contributed by atoms with Crippen LogP contribution in [0.5, 0.6) is 0 Å². The van der Waals surface area contributed by atoms with Gasteiger partial charge in [0.15, 0.2) is 17.1 Å². The Morgan fingerprint density at radius 2 is 0.969 bits per heavy atom. The smallest absolute Gasteiger partial charge is 0.189 e. The Labute approximate surface area is 365 Å². The monoisotopic (exact) mass is 812 g/mol. The number of para-hydroxylation sites is 2. The molecule has 0 atom stereocenters. The molecule has 0 amide bonds. The Morgan fingerprint density at radius 1 is 0.438 bits per heavy atom. The van der Waals surface area contributed by atoms with Gasteiger partial charge in [0.25, 0.3) is 0 Å². The molecule has 0 bridgehead atoms. The number of fused-ring (bicyclic) bond motifs is 6. The highest BCUT2D eigenvalue weighted by Crippen LogP contribution is 2.45. The van der Waals surface area contributed by atoms with E-state index in [4.69, 9.17) is 24.7 Å². The zero-order valence-corrected chi connectivity index (χ0v) is 33.3. The maximum absolute atomic E-state index is 10.8. The van der Waals surface area contributed by atoms with E-state index < -0.39 is 0 Å². The molecule has 0 spiro atoms. The third-order valence-electron chi connectivity index (χ3n) is 11.6. The standard InChI is InChI=1S/C54H24N10/c1-59-38-24-36(30-57)51(37(25-38)31-58)33-17-19-47-41(26-33)39-11-4-6-13-45(39)63(47)49-15-8-10-35(29-56)53(49)54-50(16-9-21-62-54)64-46-14-7-5-12-40(46)42-27-34(18-20-48(42)64)52-43(60-2)22-32(28-55)23-44(52)61-3/h4-27H. The summed E-state index contributed by atoms with van der Waals surface area (Å²) in [5.41, 5.74) is 9.97. The number of nitriles is 4. The van der Waals surface area contributed by atoms with E-state index in [1.807, 2.05) is 109 Å². The number of benzene rings is 7.